The number of nitrogens with two attached hydrogens (primary N) is 1. The van der Waals surface area contributed by atoms with Gasteiger partial charge in [0.2, 0.25) is 17.7 Å². The van der Waals surface area contributed by atoms with Gasteiger partial charge in [-0.3, -0.25) is 19.7 Å². The lowest BCUT2D eigenvalue weighted by atomic mass is 9.17. The van der Waals surface area contributed by atoms with E-state index in [-0.39, 0.29) is 34.2 Å². The van der Waals surface area contributed by atoms with Gasteiger partial charge in [0.1, 0.15) is 29.9 Å². The van der Waals surface area contributed by atoms with Crippen LogP contribution in [0.15, 0.2) is 66.7 Å². The van der Waals surface area contributed by atoms with Crippen molar-refractivity contribution >= 4 is 29.5 Å². The summed E-state index contributed by atoms with van der Waals surface area (Å²) in [6, 6.07) is 15.7. The maximum absolute atomic E-state index is 14.9. The van der Waals surface area contributed by atoms with Crippen LogP contribution >= 0.6 is 0 Å². The fraction of sp³-hybridized carbons (Fsp3) is 0.451. The van der Waals surface area contributed by atoms with Gasteiger partial charge in [-0.15, -0.1) is 0 Å². The number of carbonyl (C=O) groups excluding carboxylic acids is 4. The molecule has 4 aromatic carbocycles. The molecule has 66 heavy (non-hydrogen) atoms. The van der Waals surface area contributed by atoms with Crippen molar-refractivity contribution in [1.82, 2.24) is 16.0 Å². The summed E-state index contributed by atoms with van der Waals surface area (Å²) in [5, 5.41) is 46.7. The van der Waals surface area contributed by atoms with Crippen LogP contribution in [0, 0.1) is 36.0 Å². The Kier molecular flexibility index (Phi) is 13.2. The summed E-state index contributed by atoms with van der Waals surface area (Å²) in [6.45, 7) is 9.57. The van der Waals surface area contributed by atoms with Gasteiger partial charge in [0.25, 0.3) is 0 Å². The summed E-state index contributed by atoms with van der Waals surface area (Å²) in [5.74, 6) is -0.711. The highest BCUT2D eigenvalue weighted by Crippen LogP contribution is 2.87. The van der Waals surface area contributed by atoms with Crippen LogP contribution in [-0.4, -0.2) is 72.0 Å². The first-order valence-electron chi connectivity index (χ1n) is 23.1. The zero-order chi connectivity index (χ0) is 47.0. The summed E-state index contributed by atoms with van der Waals surface area (Å²) >= 11 is 0. The van der Waals surface area contributed by atoms with Crippen molar-refractivity contribution in [2.75, 3.05) is 32.1 Å². The number of benzene rings is 4. The number of aryl methyl sites for hydroxylation is 2. The standard InChI is InChI=1S/C51H61N5O10/c1-6-27-9-10-29(17-26(27)4)40(58)25-44(60)55-46(49(62)56-47-37-20-30-19-31-21-38(47)51(30,31)37)36-23-33(24-41(59)45(36)35-18-28(11-13-39(35)57)34(7-2)48(52)61)66-50(63)54-32-12-14-42(43(22-32)64-5)65-16-15-53-8-3/h9-14,17-18,22-24,30-31,34,37-38,40,46-47,53,57-59H,6-8,15-16,19-21,25H2,1-5H3,(H2,52,61)(H,54,63)(H,55,60)(H,56,62). The average molecular weight is 904 g/mol. The second-order valence-corrected chi connectivity index (χ2v) is 18.2. The van der Waals surface area contributed by atoms with Gasteiger partial charge in [-0.05, 0) is 133 Å². The molecule has 1 spiro atoms. The van der Waals surface area contributed by atoms with Crippen LogP contribution in [0.4, 0.5) is 10.5 Å². The molecule has 0 heterocycles. The molecule has 0 radical (unpaired) electrons. The van der Waals surface area contributed by atoms with Crippen molar-refractivity contribution in [2.24, 2.45) is 34.8 Å². The quantitative estimate of drug-likeness (QED) is 0.0437. The average Bonchev–Trinajstić information content (AvgIpc) is 3.25. The van der Waals surface area contributed by atoms with Crippen LogP contribution in [0.3, 0.4) is 0 Å². The summed E-state index contributed by atoms with van der Waals surface area (Å²) in [4.78, 5) is 55.2. The fourth-order valence-corrected chi connectivity index (χ4v) is 11.7. The number of aromatic hydroxyl groups is 2. The topological polar surface area (TPSA) is 231 Å². The predicted octanol–water partition coefficient (Wildman–Crippen LogP) is 6.66. The first kappa shape index (κ1) is 46.2. The largest absolute Gasteiger partial charge is 0.507 e. The Morgan fingerprint density at radius 3 is 2.27 bits per heavy atom. The van der Waals surface area contributed by atoms with Gasteiger partial charge in [-0.1, -0.05) is 45.0 Å². The molecule has 4 aliphatic carbocycles. The number of methoxy groups -OCH3 is 1. The molecule has 0 aromatic heterocycles. The Morgan fingerprint density at radius 2 is 1.62 bits per heavy atom. The maximum atomic E-state index is 14.9. The SMILES string of the molecule is CCNCCOc1ccc(NC(=O)Oc2cc(O)c(-c3cc(C(CC)C(N)=O)ccc3O)c(C(NC(=O)CC(O)c3ccc(CC)c(C)c3)C(=O)NC3C4CC5CC6CC3C564)c2)cc1OC. The number of phenols is 2. The summed E-state index contributed by atoms with van der Waals surface area (Å²) < 4.78 is 17.1. The number of aliphatic hydroxyl groups excluding tert-OH is 1. The number of nitrogens with one attached hydrogen (secondary N) is 4. The van der Waals surface area contributed by atoms with Crippen molar-refractivity contribution in [1.29, 1.82) is 0 Å². The number of phenolic OH excluding ortho intramolecular Hbond substituents is 2. The molecule has 4 aromatic rings. The van der Waals surface area contributed by atoms with Crippen LogP contribution in [0.5, 0.6) is 28.7 Å². The molecule has 15 heteroatoms. The zero-order valence-electron chi connectivity index (χ0n) is 38.1. The molecule has 4 amide bonds. The number of anilines is 1. The van der Waals surface area contributed by atoms with Gasteiger partial charge >= 0.3 is 6.09 Å². The number of ether oxygens (including phenoxy) is 3. The molecule has 0 bridgehead atoms. The van der Waals surface area contributed by atoms with Crippen LogP contribution in [0.2, 0.25) is 0 Å². The highest BCUT2D eigenvalue weighted by Gasteiger charge is 2.84. The second kappa shape index (κ2) is 18.9. The minimum Gasteiger partial charge on any atom is -0.507 e. The Morgan fingerprint density at radius 1 is 0.879 bits per heavy atom. The van der Waals surface area contributed by atoms with E-state index in [4.69, 9.17) is 19.9 Å². The second-order valence-electron chi connectivity index (χ2n) is 18.2. The summed E-state index contributed by atoms with van der Waals surface area (Å²) in [7, 11) is 1.48. The maximum Gasteiger partial charge on any atom is 0.417 e. The van der Waals surface area contributed by atoms with Crippen LogP contribution in [0.1, 0.15) is 98.8 Å². The number of likely N-dealkylation sites (N-methyl/N-ethyl adjacent to an activating group) is 1. The smallest absolute Gasteiger partial charge is 0.417 e. The number of aliphatic hydroxyl groups is 1. The van der Waals surface area contributed by atoms with Gasteiger partial charge < -0.3 is 51.2 Å². The van der Waals surface area contributed by atoms with E-state index in [9.17, 15) is 34.5 Å². The third-order valence-corrected chi connectivity index (χ3v) is 14.9. The van der Waals surface area contributed by atoms with Crippen LogP contribution in [-0.2, 0) is 20.8 Å². The molecule has 7 atom stereocenters. The Labute approximate surface area is 384 Å². The number of hydrogen-bond acceptors (Lipinski definition) is 11. The third kappa shape index (κ3) is 8.38. The first-order chi connectivity index (χ1) is 31.7. The highest BCUT2D eigenvalue weighted by atomic mass is 16.6. The molecule has 4 fully saturated rings. The van der Waals surface area contributed by atoms with E-state index < -0.39 is 54.0 Å². The van der Waals surface area contributed by atoms with Crippen LogP contribution in [0.25, 0.3) is 11.1 Å². The third-order valence-electron chi connectivity index (χ3n) is 14.9. The minimum absolute atomic E-state index is 0.0164. The number of carbonyl (C=O) groups is 4. The number of amides is 4. The van der Waals surface area contributed by atoms with Crippen molar-refractivity contribution in [3.63, 3.8) is 0 Å². The van der Waals surface area contributed by atoms with Crippen molar-refractivity contribution in [2.45, 2.75) is 90.3 Å². The lowest BCUT2D eigenvalue weighted by Crippen LogP contribution is -2.88. The van der Waals surface area contributed by atoms with E-state index in [2.05, 4.69) is 21.3 Å². The molecular weight excluding hydrogens is 843 g/mol. The molecule has 15 nitrogen and oxygen atoms in total. The zero-order valence-corrected chi connectivity index (χ0v) is 38.1. The Balaban J connectivity index is 1.15. The normalized spacial score (nSPS) is 23.1. The highest BCUT2D eigenvalue weighted by molar-refractivity contribution is 5.94. The first-order valence-corrected chi connectivity index (χ1v) is 23.1. The number of rotatable bonds is 20. The Hall–Kier alpha value is -6.32. The van der Waals surface area contributed by atoms with Crippen molar-refractivity contribution < 1.29 is 48.7 Å². The summed E-state index contributed by atoms with van der Waals surface area (Å²) in [5.41, 5.74) is 9.41. The molecule has 7 unspecified atom stereocenters. The van der Waals surface area contributed by atoms with Gasteiger partial charge in [-0.2, -0.15) is 0 Å². The predicted molar refractivity (Wildman–Crippen MR) is 247 cm³/mol. The molecule has 4 aliphatic rings. The Bertz CT molecular complexity index is 2510. The molecule has 4 saturated carbocycles. The van der Waals surface area contributed by atoms with Gasteiger partial charge in [0.05, 0.1) is 25.6 Å². The van der Waals surface area contributed by atoms with Crippen molar-refractivity contribution in [3.8, 4) is 39.9 Å². The van der Waals surface area contributed by atoms with E-state index in [1.165, 1.54) is 31.7 Å². The number of hydrogen-bond donors (Lipinski definition) is 8. The minimum atomic E-state index is -1.53. The van der Waals surface area contributed by atoms with E-state index in [0.717, 1.165) is 43.0 Å². The molecule has 0 aliphatic heterocycles. The molecular formula is C51H61N5O10. The van der Waals surface area contributed by atoms with E-state index in [0.29, 0.717) is 77.0 Å². The fourth-order valence-electron chi connectivity index (χ4n) is 11.7. The van der Waals surface area contributed by atoms with Gasteiger partial charge in [0.15, 0.2) is 11.5 Å². The van der Waals surface area contributed by atoms with E-state index >= 15 is 0 Å². The van der Waals surface area contributed by atoms with E-state index in [1.807, 2.05) is 32.9 Å². The van der Waals surface area contributed by atoms with Gasteiger partial charge in [0, 0.05) is 41.5 Å². The molecule has 0 saturated heterocycles. The van der Waals surface area contributed by atoms with Crippen molar-refractivity contribution in [3.05, 3.63) is 94.5 Å². The molecule has 9 N–H and O–H groups in total. The van der Waals surface area contributed by atoms with E-state index in [1.54, 1.807) is 37.3 Å². The van der Waals surface area contributed by atoms with Gasteiger partial charge in [-0.25, -0.2) is 4.79 Å². The monoisotopic (exact) mass is 903 g/mol. The molecule has 8 rings (SSSR count). The van der Waals surface area contributed by atoms with Crippen LogP contribution < -0.4 is 41.2 Å². The summed E-state index contributed by atoms with van der Waals surface area (Å²) in [6.07, 6.45) is 1.86. The lowest BCUT2D eigenvalue weighted by Gasteiger charge is -2.88. The lowest BCUT2D eigenvalue weighted by molar-refractivity contribution is -0.390. The number of primary amides is 1. The molecule has 350 valence electrons.